The van der Waals surface area contributed by atoms with E-state index in [-0.39, 0.29) is 0 Å². The number of piperazine rings is 1. The van der Waals surface area contributed by atoms with Crippen LogP contribution in [0.1, 0.15) is 32.6 Å². The van der Waals surface area contributed by atoms with Crippen LogP contribution < -0.4 is 5.32 Å². The molecule has 1 saturated carbocycles. The first kappa shape index (κ1) is 12.3. The van der Waals surface area contributed by atoms with E-state index in [2.05, 4.69) is 17.1 Å². The molecule has 2 unspecified atom stereocenters. The molecule has 0 aromatic rings. The zero-order valence-electron chi connectivity index (χ0n) is 10.7. The van der Waals surface area contributed by atoms with Crippen LogP contribution in [0.4, 0.5) is 0 Å². The first-order valence-electron chi connectivity index (χ1n) is 6.81. The fraction of sp³-hybridized carbons (Fsp3) is 1.00. The molecule has 0 amide bonds. The topological polar surface area (TPSA) is 24.5 Å². The minimum absolute atomic E-state index is 0.705. The number of nitrogens with one attached hydrogen (secondary N) is 1. The highest BCUT2D eigenvalue weighted by Gasteiger charge is 2.38. The molecule has 0 aromatic heterocycles. The van der Waals surface area contributed by atoms with Crippen LogP contribution in [0.15, 0.2) is 0 Å². The van der Waals surface area contributed by atoms with Crippen molar-refractivity contribution in [2.45, 2.75) is 44.7 Å². The molecule has 1 heterocycles. The highest BCUT2D eigenvalue weighted by Crippen LogP contribution is 2.36. The first-order chi connectivity index (χ1) is 7.85. The Morgan fingerprint density at radius 3 is 2.81 bits per heavy atom. The molecule has 0 bridgehead atoms. The maximum Gasteiger partial charge on any atom is 0.0589 e. The molecule has 94 valence electrons. The Bertz CT molecular complexity index is 206. The van der Waals surface area contributed by atoms with Gasteiger partial charge in [0.05, 0.1) is 6.61 Å². The van der Waals surface area contributed by atoms with E-state index in [9.17, 15) is 0 Å². The molecule has 1 aliphatic carbocycles. The molecule has 2 fully saturated rings. The van der Waals surface area contributed by atoms with Gasteiger partial charge < -0.3 is 10.1 Å². The second-order valence-electron chi connectivity index (χ2n) is 5.29. The van der Waals surface area contributed by atoms with Crippen molar-refractivity contribution >= 4 is 0 Å². The third-order valence-corrected chi connectivity index (χ3v) is 3.93. The Kier molecular flexibility index (Phi) is 4.62. The van der Waals surface area contributed by atoms with E-state index in [4.69, 9.17) is 4.74 Å². The second-order valence-corrected chi connectivity index (χ2v) is 5.29. The van der Waals surface area contributed by atoms with E-state index in [1.807, 2.05) is 0 Å². The van der Waals surface area contributed by atoms with Gasteiger partial charge in [-0.15, -0.1) is 0 Å². The van der Waals surface area contributed by atoms with Gasteiger partial charge in [-0.2, -0.15) is 0 Å². The van der Waals surface area contributed by atoms with Crippen molar-refractivity contribution in [1.82, 2.24) is 10.2 Å². The minimum atomic E-state index is 0.705. The predicted molar refractivity (Wildman–Crippen MR) is 66.7 cm³/mol. The lowest BCUT2D eigenvalue weighted by atomic mass is 10.0. The van der Waals surface area contributed by atoms with Crippen LogP contribution in [0.25, 0.3) is 0 Å². The summed E-state index contributed by atoms with van der Waals surface area (Å²) in [6, 6.07) is 1.49. The van der Waals surface area contributed by atoms with E-state index in [1.165, 1.54) is 38.8 Å². The van der Waals surface area contributed by atoms with E-state index < -0.39 is 0 Å². The van der Waals surface area contributed by atoms with Crippen LogP contribution in [0, 0.1) is 5.92 Å². The zero-order chi connectivity index (χ0) is 11.4. The van der Waals surface area contributed by atoms with Crippen molar-refractivity contribution < 1.29 is 4.74 Å². The first-order valence-corrected chi connectivity index (χ1v) is 6.81. The second kappa shape index (κ2) is 5.99. The van der Waals surface area contributed by atoms with Gasteiger partial charge in [-0.1, -0.05) is 13.3 Å². The van der Waals surface area contributed by atoms with E-state index in [0.717, 1.165) is 25.1 Å². The van der Waals surface area contributed by atoms with Crippen molar-refractivity contribution in [1.29, 1.82) is 0 Å². The smallest absolute Gasteiger partial charge is 0.0589 e. The Morgan fingerprint density at radius 1 is 1.38 bits per heavy atom. The van der Waals surface area contributed by atoms with Gasteiger partial charge in [0.1, 0.15) is 0 Å². The molecule has 0 radical (unpaired) electrons. The summed E-state index contributed by atoms with van der Waals surface area (Å²) in [5.74, 6) is 0.965. The molecule has 0 aromatic carbocycles. The van der Waals surface area contributed by atoms with E-state index >= 15 is 0 Å². The number of rotatable bonds is 6. The Balaban J connectivity index is 1.84. The summed E-state index contributed by atoms with van der Waals surface area (Å²) in [6.45, 7) is 6.67. The molecule has 2 aliphatic rings. The SMILES string of the molecule is CCCC1CN(CCOC)C(C2CC2)CN1. The highest BCUT2D eigenvalue weighted by atomic mass is 16.5. The van der Waals surface area contributed by atoms with Crippen molar-refractivity contribution in [2.75, 3.05) is 33.4 Å². The quantitative estimate of drug-likeness (QED) is 0.742. The van der Waals surface area contributed by atoms with Crippen LogP contribution in [0.5, 0.6) is 0 Å². The lowest BCUT2D eigenvalue weighted by Gasteiger charge is -2.40. The van der Waals surface area contributed by atoms with Crippen LogP contribution in [0.3, 0.4) is 0 Å². The highest BCUT2D eigenvalue weighted by molar-refractivity contribution is 4.94. The fourth-order valence-electron chi connectivity index (χ4n) is 2.85. The minimum Gasteiger partial charge on any atom is -0.383 e. The molecule has 0 spiro atoms. The number of hydrogen-bond acceptors (Lipinski definition) is 3. The average Bonchev–Trinajstić information content (AvgIpc) is 3.11. The molecule has 3 nitrogen and oxygen atoms in total. The zero-order valence-corrected chi connectivity index (χ0v) is 10.7. The average molecular weight is 226 g/mol. The van der Waals surface area contributed by atoms with Gasteiger partial charge in [0, 0.05) is 38.8 Å². The van der Waals surface area contributed by atoms with Gasteiger partial charge in [0.15, 0.2) is 0 Å². The summed E-state index contributed by atoms with van der Waals surface area (Å²) in [6.07, 6.45) is 5.47. The van der Waals surface area contributed by atoms with Crippen molar-refractivity contribution in [2.24, 2.45) is 5.92 Å². The van der Waals surface area contributed by atoms with Gasteiger partial charge in [0.2, 0.25) is 0 Å². The van der Waals surface area contributed by atoms with Gasteiger partial charge in [0.25, 0.3) is 0 Å². The van der Waals surface area contributed by atoms with Gasteiger partial charge in [-0.3, -0.25) is 4.90 Å². The maximum absolute atomic E-state index is 5.23. The third-order valence-electron chi connectivity index (χ3n) is 3.93. The molecule has 2 rings (SSSR count). The molecule has 1 saturated heterocycles. The summed E-state index contributed by atoms with van der Waals surface area (Å²) >= 11 is 0. The van der Waals surface area contributed by atoms with E-state index in [1.54, 1.807) is 7.11 Å². The normalized spacial score (nSPS) is 31.9. The third kappa shape index (κ3) is 3.19. The van der Waals surface area contributed by atoms with Crippen LogP contribution >= 0.6 is 0 Å². The van der Waals surface area contributed by atoms with Crippen molar-refractivity contribution in [3.8, 4) is 0 Å². The number of methoxy groups -OCH3 is 1. The van der Waals surface area contributed by atoms with Gasteiger partial charge >= 0.3 is 0 Å². The molecule has 2 atom stereocenters. The Morgan fingerprint density at radius 2 is 2.19 bits per heavy atom. The van der Waals surface area contributed by atoms with Gasteiger partial charge in [-0.25, -0.2) is 0 Å². The van der Waals surface area contributed by atoms with Crippen LogP contribution in [-0.2, 0) is 4.74 Å². The number of ether oxygens (including phenoxy) is 1. The van der Waals surface area contributed by atoms with Crippen LogP contribution in [-0.4, -0.2) is 50.3 Å². The maximum atomic E-state index is 5.23. The van der Waals surface area contributed by atoms with Gasteiger partial charge in [-0.05, 0) is 25.2 Å². The molecule has 3 heteroatoms. The number of hydrogen-bond donors (Lipinski definition) is 1. The lowest BCUT2D eigenvalue weighted by molar-refractivity contribution is 0.0750. The summed E-state index contributed by atoms with van der Waals surface area (Å²) in [7, 11) is 1.80. The summed E-state index contributed by atoms with van der Waals surface area (Å²) in [5, 5.41) is 3.72. The Hall–Kier alpha value is -0.120. The lowest BCUT2D eigenvalue weighted by Crippen LogP contribution is -2.57. The monoisotopic (exact) mass is 226 g/mol. The predicted octanol–water partition coefficient (Wildman–Crippen LogP) is 1.49. The molecule has 16 heavy (non-hydrogen) atoms. The summed E-state index contributed by atoms with van der Waals surface area (Å²) < 4.78 is 5.23. The largest absolute Gasteiger partial charge is 0.383 e. The van der Waals surface area contributed by atoms with E-state index in [0.29, 0.717) is 6.04 Å². The van der Waals surface area contributed by atoms with Crippen molar-refractivity contribution in [3.63, 3.8) is 0 Å². The fourth-order valence-corrected chi connectivity index (χ4v) is 2.85. The molecule has 1 N–H and O–H groups in total. The van der Waals surface area contributed by atoms with Crippen molar-refractivity contribution in [3.05, 3.63) is 0 Å². The molecule has 1 aliphatic heterocycles. The van der Waals surface area contributed by atoms with Crippen LogP contribution in [0.2, 0.25) is 0 Å². The summed E-state index contributed by atoms with van der Waals surface area (Å²) in [4.78, 5) is 2.66. The number of nitrogens with zero attached hydrogens (tertiary/aromatic N) is 1. The molecular formula is C13H26N2O. The standard InChI is InChI=1S/C13H26N2O/c1-3-4-12-10-15(7-8-16-2)13(9-14-12)11-5-6-11/h11-14H,3-10H2,1-2H3. The molecular weight excluding hydrogens is 200 g/mol. The Labute approximate surface area is 99.5 Å². The summed E-state index contributed by atoms with van der Waals surface area (Å²) in [5.41, 5.74) is 0.